The lowest BCUT2D eigenvalue weighted by Crippen LogP contribution is -2.18. The van der Waals surface area contributed by atoms with E-state index in [-0.39, 0.29) is 6.04 Å². The fourth-order valence-electron chi connectivity index (χ4n) is 1.58. The Morgan fingerprint density at radius 3 is 2.89 bits per heavy atom. The Morgan fingerprint density at radius 1 is 1.50 bits per heavy atom. The molecule has 0 spiro atoms. The number of halogens is 2. The highest BCUT2D eigenvalue weighted by atomic mass is 79.9. The second-order valence-corrected chi connectivity index (χ2v) is 5.42. The van der Waals surface area contributed by atoms with E-state index in [9.17, 15) is 0 Å². The molecule has 18 heavy (non-hydrogen) atoms. The predicted molar refractivity (Wildman–Crippen MR) is 75.6 cm³/mol. The van der Waals surface area contributed by atoms with Gasteiger partial charge in [-0.1, -0.05) is 17.7 Å². The number of aryl methyl sites for hydroxylation is 1. The number of aromatic nitrogens is 1. The van der Waals surface area contributed by atoms with E-state index in [0.717, 1.165) is 27.4 Å². The first-order chi connectivity index (χ1) is 8.56. The molecule has 1 aromatic heterocycles. The number of benzene rings is 1. The quantitative estimate of drug-likeness (QED) is 0.911. The number of rotatable bonds is 4. The van der Waals surface area contributed by atoms with Crippen LogP contribution in [0.3, 0.4) is 0 Å². The lowest BCUT2D eigenvalue weighted by atomic mass is 10.2. The van der Waals surface area contributed by atoms with Crippen LogP contribution in [0.1, 0.15) is 30.2 Å². The minimum atomic E-state index is 0.0770. The number of oxazole rings is 1. The number of hydrogen-bond acceptors (Lipinski definition) is 3. The monoisotopic (exact) mass is 328 g/mol. The van der Waals surface area contributed by atoms with Gasteiger partial charge in [0.1, 0.15) is 5.76 Å². The molecule has 0 saturated carbocycles. The molecule has 0 saturated heterocycles. The second-order valence-electron chi connectivity index (χ2n) is 4.16. The van der Waals surface area contributed by atoms with E-state index in [2.05, 4.69) is 26.2 Å². The Kier molecular flexibility index (Phi) is 4.43. The summed E-state index contributed by atoms with van der Waals surface area (Å²) in [6.07, 6.45) is 1.73. The summed E-state index contributed by atoms with van der Waals surface area (Å²) in [7, 11) is 0. The average Bonchev–Trinajstić information content (AvgIpc) is 2.77. The highest BCUT2D eigenvalue weighted by Gasteiger charge is 2.10. The van der Waals surface area contributed by atoms with Gasteiger partial charge in [-0.25, -0.2) is 4.98 Å². The van der Waals surface area contributed by atoms with E-state index >= 15 is 0 Å². The van der Waals surface area contributed by atoms with Crippen LogP contribution >= 0.6 is 27.5 Å². The van der Waals surface area contributed by atoms with E-state index in [1.807, 2.05) is 32.0 Å². The summed E-state index contributed by atoms with van der Waals surface area (Å²) in [5.74, 6) is 1.54. The van der Waals surface area contributed by atoms with Crippen molar-refractivity contribution in [2.45, 2.75) is 26.4 Å². The molecule has 1 heterocycles. The lowest BCUT2D eigenvalue weighted by Gasteiger charge is -2.10. The maximum atomic E-state index is 5.95. The summed E-state index contributed by atoms with van der Waals surface area (Å²) in [6.45, 7) is 4.65. The van der Waals surface area contributed by atoms with Gasteiger partial charge in [0.05, 0.1) is 17.3 Å². The summed E-state index contributed by atoms with van der Waals surface area (Å²) >= 11 is 9.36. The van der Waals surface area contributed by atoms with Crippen LogP contribution in [0.2, 0.25) is 5.02 Å². The highest BCUT2D eigenvalue weighted by Crippen LogP contribution is 2.23. The summed E-state index contributed by atoms with van der Waals surface area (Å²) in [4.78, 5) is 4.20. The third kappa shape index (κ3) is 3.34. The van der Waals surface area contributed by atoms with E-state index in [4.69, 9.17) is 16.0 Å². The van der Waals surface area contributed by atoms with E-state index in [0.29, 0.717) is 5.89 Å². The van der Waals surface area contributed by atoms with Crippen molar-refractivity contribution in [1.82, 2.24) is 10.3 Å². The molecule has 2 aromatic rings. The van der Waals surface area contributed by atoms with Crippen LogP contribution in [0, 0.1) is 6.92 Å². The fraction of sp³-hybridized carbons (Fsp3) is 0.308. The molecule has 1 unspecified atom stereocenters. The normalized spacial score (nSPS) is 12.7. The van der Waals surface area contributed by atoms with E-state index in [1.54, 1.807) is 6.20 Å². The Balaban J connectivity index is 1.97. The Hall–Kier alpha value is -0.840. The zero-order valence-electron chi connectivity index (χ0n) is 10.2. The summed E-state index contributed by atoms with van der Waals surface area (Å²) in [6, 6.07) is 5.95. The van der Waals surface area contributed by atoms with Crippen molar-refractivity contribution in [3.05, 3.63) is 51.1 Å². The van der Waals surface area contributed by atoms with Gasteiger partial charge in [-0.05, 0) is 47.5 Å². The Labute approximate surface area is 120 Å². The smallest absolute Gasteiger partial charge is 0.211 e. The molecule has 3 nitrogen and oxygen atoms in total. The predicted octanol–water partition coefficient (Wildman–Crippen LogP) is 4.25. The van der Waals surface area contributed by atoms with Crippen molar-refractivity contribution in [3.8, 4) is 0 Å². The highest BCUT2D eigenvalue weighted by molar-refractivity contribution is 9.10. The van der Waals surface area contributed by atoms with Crippen LogP contribution in [0.15, 0.2) is 33.3 Å². The maximum absolute atomic E-state index is 5.95. The topological polar surface area (TPSA) is 38.1 Å². The molecule has 0 aliphatic heterocycles. The molecule has 0 aliphatic carbocycles. The molecule has 0 fully saturated rings. The number of nitrogens with zero attached hydrogens (tertiary/aromatic N) is 1. The fourth-order valence-corrected chi connectivity index (χ4v) is 2.12. The van der Waals surface area contributed by atoms with Crippen molar-refractivity contribution in [2.24, 2.45) is 0 Å². The van der Waals surface area contributed by atoms with Gasteiger partial charge in [-0.3, -0.25) is 0 Å². The van der Waals surface area contributed by atoms with Crippen LogP contribution < -0.4 is 5.32 Å². The van der Waals surface area contributed by atoms with Gasteiger partial charge >= 0.3 is 0 Å². The molecular weight excluding hydrogens is 316 g/mol. The largest absolute Gasteiger partial charge is 0.444 e. The zero-order chi connectivity index (χ0) is 13.1. The van der Waals surface area contributed by atoms with Gasteiger partial charge in [-0.2, -0.15) is 0 Å². The van der Waals surface area contributed by atoms with Crippen LogP contribution in [0.5, 0.6) is 0 Å². The molecular formula is C13H14BrClN2O. The summed E-state index contributed by atoms with van der Waals surface area (Å²) in [5, 5.41) is 4.07. The van der Waals surface area contributed by atoms with Crippen LogP contribution in [0.25, 0.3) is 0 Å². The van der Waals surface area contributed by atoms with Gasteiger partial charge in [0.25, 0.3) is 0 Å². The Morgan fingerprint density at radius 2 is 2.28 bits per heavy atom. The standard InChI is InChI=1S/C13H14BrClN2O/c1-8-6-17-13(18-8)9(2)16-7-10-3-4-12(15)11(14)5-10/h3-6,9,16H,7H2,1-2H3. The molecule has 0 amide bonds. The minimum Gasteiger partial charge on any atom is -0.444 e. The maximum Gasteiger partial charge on any atom is 0.211 e. The van der Waals surface area contributed by atoms with Crippen LogP contribution in [-0.4, -0.2) is 4.98 Å². The van der Waals surface area contributed by atoms with Crippen LogP contribution in [-0.2, 0) is 6.54 Å². The third-order valence-electron chi connectivity index (χ3n) is 2.61. The van der Waals surface area contributed by atoms with Gasteiger partial charge in [-0.15, -0.1) is 0 Å². The molecule has 96 valence electrons. The number of nitrogens with one attached hydrogen (secondary N) is 1. The van der Waals surface area contributed by atoms with Crippen molar-refractivity contribution < 1.29 is 4.42 Å². The number of hydrogen-bond donors (Lipinski definition) is 1. The molecule has 2 rings (SSSR count). The molecule has 1 N–H and O–H groups in total. The molecule has 5 heteroatoms. The lowest BCUT2D eigenvalue weighted by molar-refractivity contribution is 0.402. The zero-order valence-corrected chi connectivity index (χ0v) is 12.5. The Bertz CT molecular complexity index is 542. The molecule has 0 radical (unpaired) electrons. The molecule has 1 aromatic carbocycles. The van der Waals surface area contributed by atoms with Gasteiger partial charge < -0.3 is 9.73 Å². The second kappa shape index (κ2) is 5.87. The summed E-state index contributed by atoms with van der Waals surface area (Å²) in [5.41, 5.74) is 1.15. The van der Waals surface area contributed by atoms with Crippen molar-refractivity contribution >= 4 is 27.5 Å². The van der Waals surface area contributed by atoms with E-state index in [1.165, 1.54) is 0 Å². The van der Waals surface area contributed by atoms with Gasteiger partial charge in [0, 0.05) is 11.0 Å². The van der Waals surface area contributed by atoms with E-state index < -0.39 is 0 Å². The molecule has 0 aliphatic rings. The first kappa shape index (κ1) is 13.6. The molecule has 1 atom stereocenters. The van der Waals surface area contributed by atoms with Crippen molar-refractivity contribution in [2.75, 3.05) is 0 Å². The van der Waals surface area contributed by atoms with Gasteiger partial charge in [0.2, 0.25) is 5.89 Å². The third-order valence-corrected chi connectivity index (χ3v) is 3.82. The SMILES string of the molecule is Cc1cnc(C(C)NCc2ccc(Cl)c(Br)c2)o1. The van der Waals surface area contributed by atoms with Crippen molar-refractivity contribution in [1.29, 1.82) is 0 Å². The summed E-state index contributed by atoms with van der Waals surface area (Å²) < 4.78 is 6.38. The molecule has 0 bridgehead atoms. The first-order valence-corrected chi connectivity index (χ1v) is 6.83. The van der Waals surface area contributed by atoms with Crippen molar-refractivity contribution in [3.63, 3.8) is 0 Å². The average molecular weight is 330 g/mol. The first-order valence-electron chi connectivity index (χ1n) is 5.66. The van der Waals surface area contributed by atoms with Gasteiger partial charge in [0.15, 0.2) is 0 Å². The minimum absolute atomic E-state index is 0.0770. The van der Waals surface area contributed by atoms with Crippen LogP contribution in [0.4, 0.5) is 0 Å².